The van der Waals surface area contributed by atoms with Crippen LogP contribution in [0.25, 0.3) is 0 Å². The summed E-state index contributed by atoms with van der Waals surface area (Å²) < 4.78 is 1.38. The highest BCUT2D eigenvalue weighted by atomic mass is 16.1. The molecule has 0 unspecified atom stereocenters. The quantitative estimate of drug-likeness (QED) is 0.829. The molecule has 0 amide bonds. The smallest absolute Gasteiger partial charge is 0.269 e. The Bertz CT molecular complexity index is 712. The highest BCUT2D eigenvalue weighted by Gasteiger charge is 2.06. The summed E-state index contributed by atoms with van der Waals surface area (Å²) in [5.41, 5.74) is 1.83. The zero-order valence-electron chi connectivity index (χ0n) is 12.2. The van der Waals surface area contributed by atoms with Crippen molar-refractivity contribution in [2.24, 2.45) is 0 Å². The summed E-state index contributed by atoms with van der Waals surface area (Å²) in [6, 6.07) is 7.00. The first-order valence-electron chi connectivity index (χ1n) is 6.85. The van der Waals surface area contributed by atoms with E-state index in [2.05, 4.69) is 15.0 Å². The minimum atomic E-state index is -0.158. The van der Waals surface area contributed by atoms with Crippen LogP contribution in [-0.4, -0.2) is 27.9 Å². The minimum Gasteiger partial charge on any atom is -0.371 e. The van der Waals surface area contributed by atoms with Gasteiger partial charge in [-0.2, -0.15) is 10.4 Å². The highest BCUT2D eigenvalue weighted by molar-refractivity contribution is 5.42. The van der Waals surface area contributed by atoms with Crippen molar-refractivity contribution in [2.45, 2.75) is 20.4 Å². The molecule has 6 nitrogen and oxygen atoms in total. The lowest BCUT2D eigenvalue weighted by Crippen LogP contribution is -2.28. The van der Waals surface area contributed by atoms with Crippen LogP contribution < -0.4 is 10.5 Å². The van der Waals surface area contributed by atoms with E-state index in [4.69, 9.17) is 5.26 Å². The Morgan fingerprint density at radius 1 is 1.33 bits per heavy atom. The fraction of sp³-hybridized carbons (Fsp3) is 0.333. The Kier molecular flexibility index (Phi) is 4.67. The van der Waals surface area contributed by atoms with Crippen LogP contribution in [0.3, 0.4) is 0 Å². The maximum atomic E-state index is 12.1. The number of nitriles is 1. The topological polar surface area (TPSA) is 74.8 Å². The maximum absolute atomic E-state index is 12.1. The van der Waals surface area contributed by atoms with Gasteiger partial charge in [-0.25, -0.2) is 9.67 Å². The molecule has 2 aromatic rings. The van der Waals surface area contributed by atoms with Gasteiger partial charge in [-0.3, -0.25) is 4.79 Å². The standard InChI is InChI=1S/C15H17N5O/c1-3-19(4-2)14-8-15(21)20(18-10-14)11-12-5-6-17-13(7-12)9-16/h5-8,10H,3-4,11H2,1-2H3. The average molecular weight is 283 g/mol. The molecule has 0 N–H and O–H groups in total. The Labute approximate surface area is 123 Å². The SMILES string of the molecule is CCN(CC)c1cnn(Cc2ccnc(C#N)c2)c(=O)c1. The van der Waals surface area contributed by atoms with Gasteiger partial charge < -0.3 is 4.90 Å². The monoisotopic (exact) mass is 283 g/mol. The van der Waals surface area contributed by atoms with Gasteiger partial charge in [0.25, 0.3) is 5.56 Å². The summed E-state index contributed by atoms with van der Waals surface area (Å²) >= 11 is 0. The maximum Gasteiger partial charge on any atom is 0.269 e. The number of nitrogens with zero attached hydrogens (tertiary/aromatic N) is 5. The Morgan fingerprint density at radius 3 is 2.71 bits per heavy atom. The zero-order valence-corrected chi connectivity index (χ0v) is 12.2. The van der Waals surface area contributed by atoms with Gasteiger partial charge in [0.2, 0.25) is 0 Å². The second-order valence-corrected chi connectivity index (χ2v) is 4.54. The van der Waals surface area contributed by atoms with Crippen molar-refractivity contribution in [3.05, 3.63) is 52.2 Å². The van der Waals surface area contributed by atoms with Crippen molar-refractivity contribution in [2.75, 3.05) is 18.0 Å². The summed E-state index contributed by atoms with van der Waals surface area (Å²) in [7, 11) is 0. The van der Waals surface area contributed by atoms with E-state index in [0.717, 1.165) is 24.3 Å². The summed E-state index contributed by atoms with van der Waals surface area (Å²) in [5, 5.41) is 13.0. The second kappa shape index (κ2) is 6.66. The molecule has 2 heterocycles. The molecule has 0 aromatic carbocycles. The van der Waals surface area contributed by atoms with Gasteiger partial charge in [-0.05, 0) is 31.5 Å². The second-order valence-electron chi connectivity index (χ2n) is 4.54. The lowest BCUT2D eigenvalue weighted by molar-refractivity contribution is 0.635. The van der Waals surface area contributed by atoms with Gasteiger partial charge in [-0.1, -0.05) is 0 Å². The molecule has 0 saturated carbocycles. The molecule has 0 atom stereocenters. The Hall–Kier alpha value is -2.68. The van der Waals surface area contributed by atoms with E-state index in [-0.39, 0.29) is 5.56 Å². The van der Waals surface area contributed by atoms with E-state index in [1.54, 1.807) is 30.6 Å². The van der Waals surface area contributed by atoms with E-state index in [1.807, 2.05) is 19.9 Å². The summed E-state index contributed by atoms with van der Waals surface area (Å²) in [4.78, 5) is 18.1. The highest BCUT2D eigenvalue weighted by Crippen LogP contribution is 2.09. The summed E-state index contributed by atoms with van der Waals surface area (Å²) in [5.74, 6) is 0. The van der Waals surface area contributed by atoms with Gasteiger partial charge in [0, 0.05) is 25.4 Å². The normalized spacial score (nSPS) is 10.1. The fourth-order valence-corrected chi connectivity index (χ4v) is 2.11. The molecule has 0 radical (unpaired) electrons. The molecular formula is C15H17N5O. The molecule has 0 saturated heterocycles. The van der Waals surface area contributed by atoms with Gasteiger partial charge in [0.15, 0.2) is 0 Å². The first-order chi connectivity index (χ1) is 10.2. The van der Waals surface area contributed by atoms with Crippen molar-refractivity contribution < 1.29 is 0 Å². The molecule has 2 rings (SSSR count). The molecule has 2 aromatic heterocycles. The van der Waals surface area contributed by atoms with E-state index in [9.17, 15) is 4.79 Å². The average Bonchev–Trinajstić information content (AvgIpc) is 2.51. The summed E-state index contributed by atoms with van der Waals surface area (Å²) in [6.07, 6.45) is 3.25. The predicted octanol–water partition coefficient (Wildman–Crippen LogP) is 1.40. The molecule has 21 heavy (non-hydrogen) atoms. The first kappa shape index (κ1) is 14.7. The van der Waals surface area contributed by atoms with Crippen molar-refractivity contribution in [1.82, 2.24) is 14.8 Å². The lowest BCUT2D eigenvalue weighted by Gasteiger charge is -2.20. The van der Waals surface area contributed by atoms with Crippen molar-refractivity contribution in [1.29, 1.82) is 5.26 Å². The molecule has 0 bridgehead atoms. The van der Waals surface area contributed by atoms with E-state index in [0.29, 0.717) is 12.2 Å². The van der Waals surface area contributed by atoms with Gasteiger partial charge in [0.1, 0.15) is 11.8 Å². The predicted molar refractivity (Wildman–Crippen MR) is 80.1 cm³/mol. The van der Waals surface area contributed by atoms with Crippen LogP contribution >= 0.6 is 0 Å². The number of pyridine rings is 1. The largest absolute Gasteiger partial charge is 0.371 e. The van der Waals surface area contributed by atoms with Crippen molar-refractivity contribution in [3.63, 3.8) is 0 Å². The number of hydrogen-bond acceptors (Lipinski definition) is 5. The number of rotatable bonds is 5. The fourth-order valence-electron chi connectivity index (χ4n) is 2.11. The van der Waals surface area contributed by atoms with Crippen LogP contribution in [0.15, 0.2) is 35.4 Å². The van der Waals surface area contributed by atoms with Crippen molar-refractivity contribution >= 4 is 5.69 Å². The Morgan fingerprint density at radius 2 is 2.10 bits per heavy atom. The molecule has 0 fully saturated rings. The molecule has 0 aliphatic heterocycles. The third-order valence-electron chi connectivity index (χ3n) is 3.25. The van der Waals surface area contributed by atoms with Crippen molar-refractivity contribution in [3.8, 4) is 6.07 Å². The molecule has 0 spiro atoms. The van der Waals surface area contributed by atoms with Crippen LogP contribution in [0, 0.1) is 11.3 Å². The molecule has 108 valence electrons. The van der Waals surface area contributed by atoms with Crippen LogP contribution in [0.5, 0.6) is 0 Å². The van der Waals surface area contributed by atoms with E-state index < -0.39 is 0 Å². The zero-order chi connectivity index (χ0) is 15.2. The molecule has 0 aliphatic rings. The van der Waals surface area contributed by atoms with Crippen LogP contribution in [0.4, 0.5) is 5.69 Å². The lowest BCUT2D eigenvalue weighted by atomic mass is 10.2. The van der Waals surface area contributed by atoms with Crippen LogP contribution in [0.2, 0.25) is 0 Å². The number of anilines is 1. The minimum absolute atomic E-state index is 0.158. The number of hydrogen-bond donors (Lipinski definition) is 0. The van der Waals surface area contributed by atoms with Gasteiger partial charge in [-0.15, -0.1) is 0 Å². The third kappa shape index (κ3) is 3.45. The van der Waals surface area contributed by atoms with Crippen LogP contribution in [-0.2, 0) is 6.54 Å². The van der Waals surface area contributed by atoms with E-state index >= 15 is 0 Å². The molecular weight excluding hydrogens is 266 g/mol. The van der Waals surface area contributed by atoms with Gasteiger partial charge in [0.05, 0.1) is 18.4 Å². The number of aromatic nitrogens is 3. The third-order valence-corrected chi connectivity index (χ3v) is 3.25. The molecule has 6 heteroatoms. The van der Waals surface area contributed by atoms with Gasteiger partial charge >= 0.3 is 0 Å². The Balaban J connectivity index is 2.25. The molecule has 0 aliphatic carbocycles. The first-order valence-corrected chi connectivity index (χ1v) is 6.85. The summed E-state index contributed by atoms with van der Waals surface area (Å²) in [6.45, 7) is 6.06. The van der Waals surface area contributed by atoms with Crippen LogP contribution in [0.1, 0.15) is 25.1 Å². The van der Waals surface area contributed by atoms with E-state index in [1.165, 1.54) is 4.68 Å².